The molecule has 13 heteroatoms. The number of benzene rings is 1. The van der Waals surface area contributed by atoms with Crippen LogP contribution in [0.3, 0.4) is 0 Å². The Morgan fingerprint density at radius 2 is 1.67 bits per heavy atom. The number of carbonyl (C=O) groups is 4. The summed E-state index contributed by atoms with van der Waals surface area (Å²) in [6.07, 6.45) is 2.43. The van der Waals surface area contributed by atoms with Crippen molar-refractivity contribution in [1.82, 2.24) is 20.9 Å². The minimum absolute atomic E-state index is 0.131. The van der Waals surface area contributed by atoms with Gasteiger partial charge in [-0.3, -0.25) is 19.2 Å². The van der Waals surface area contributed by atoms with Crippen molar-refractivity contribution in [2.45, 2.75) is 56.1 Å². The minimum atomic E-state index is -1.36. The molecule has 216 valence electrons. The molecule has 0 aliphatic carbocycles. The van der Waals surface area contributed by atoms with Crippen LogP contribution in [0.5, 0.6) is 0 Å². The Kier molecular flexibility index (Phi) is 13.2. The Bertz CT molecular complexity index is 1000. The second-order valence-electron chi connectivity index (χ2n) is 9.64. The van der Waals surface area contributed by atoms with Crippen molar-refractivity contribution in [3.05, 3.63) is 47.0 Å². The number of rotatable bonds is 15. The standard InChI is InChI=1S/C26H41N7O5S/c27-11-5-4-8-19(24(36)33-12-9-26(29,10-13-33)25(37)38)31-23(35)16-30-21(17-39)20(32-22(34)15-28)14-18-6-2-1-3-7-18/h1-3,6-7,17,19-20,30,39H,4-5,8-16,27-29H2,(H,31,35)(H,32,34)(H,37,38)/b21-17-. The molecule has 1 fully saturated rings. The Morgan fingerprint density at radius 3 is 2.23 bits per heavy atom. The normalized spacial score (nSPS) is 16.6. The van der Waals surface area contributed by atoms with E-state index in [4.69, 9.17) is 17.2 Å². The number of hydrogen-bond acceptors (Lipinski definition) is 9. The number of nitrogens with one attached hydrogen (secondary N) is 3. The number of hydrogen-bond donors (Lipinski definition) is 8. The summed E-state index contributed by atoms with van der Waals surface area (Å²) in [5.74, 6) is -2.15. The van der Waals surface area contributed by atoms with E-state index in [9.17, 15) is 24.3 Å². The molecule has 39 heavy (non-hydrogen) atoms. The second-order valence-corrected chi connectivity index (χ2v) is 9.90. The lowest BCUT2D eigenvalue weighted by Crippen LogP contribution is -2.59. The van der Waals surface area contributed by atoms with E-state index in [-0.39, 0.29) is 50.8 Å². The molecule has 2 atom stereocenters. The monoisotopic (exact) mass is 563 g/mol. The molecule has 1 heterocycles. The van der Waals surface area contributed by atoms with Crippen molar-refractivity contribution in [3.8, 4) is 0 Å². The third kappa shape index (κ3) is 10.2. The Morgan fingerprint density at radius 1 is 1.03 bits per heavy atom. The van der Waals surface area contributed by atoms with Crippen molar-refractivity contribution in [2.24, 2.45) is 17.2 Å². The molecule has 1 aliphatic heterocycles. The molecule has 3 amide bonds. The fourth-order valence-corrected chi connectivity index (χ4v) is 4.61. The number of nitrogens with two attached hydrogens (primary N) is 3. The molecule has 0 bridgehead atoms. The SMILES string of the molecule is NCCCCC(NC(=O)CN/C(=C\S)C(Cc1ccccc1)NC(=O)CN)C(=O)N1CCC(N)(C(=O)O)CC1. The van der Waals surface area contributed by atoms with E-state index in [0.29, 0.717) is 37.9 Å². The van der Waals surface area contributed by atoms with Crippen molar-refractivity contribution in [2.75, 3.05) is 32.7 Å². The number of carbonyl (C=O) groups excluding carboxylic acids is 3. The summed E-state index contributed by atoms with van der Waals surface area (Å²) in [6.45, 7) is 0.492. The van der Waals surface area contributed by atoms with Gasteiger partial charge in [0.1, 0.15) is 11.6 Å². The van der Waals surface area contributed by atoms with Gasteiger partial charge >= 0.3 is 5.97 Å². The molecule has 2 unspecified atom stereocenters. The molecule has 0 aromatic heterocycles. The summed E-state index contributed by atoms with van der Waals surface area (Å²) < 4.78 is 0. The Hall–Kier alpha value is -3.13. The van der Waals surface area contributed by atoms with E-state index in [1.807, 2.05) is 30.3 Å². The quantitative estimate of drug-likeness (QED) is 0.0977. The van der Waals surface area contributed by atoms with Crippen molar-refractivity contribution >= 4 is 36.3 Å². The third-order valence-corrected chi connectivity index (χ3v) is 7.02. The zero-order valence-corrected chi connectivity index (χ0v) is 23.0. The first-order valence-electron chi connectivity index (χ1n) is 13.1. The first-order valence-corrected chi connectivity index (χ1v) is 13.6. The van der Waals surface area contributed by atoms with Crippen LogP contribution < -0.4 is 33.2 Å². The van der Waals surface area contributed by atoms with Gasteiger partial charge in [0.2, 0.25) is 17.7 Å². The molecule has 0 spiro atoms. The average molecular weight is 564 g/mol. The predicted molar refractivity (Wildman–Crippen MR) is 151 cm³/mol. The number of piperidine rings is 1. The van der Waals surface area contributed by atoms with Gasteiger partial charge in [-0.05, 0) is 56.0 Å². The van der Waals surface area contributed by atoms with Gasteiger partial charge in [0.25, 0.3) is 0 Å². The van der Waals surface area contributed by atoms with Gasteiger partial charge in [-0.25, -0.2) is 0 Å². The van der Waals surface area contributed by atoms with E-state index >= 15 is 0 Å². The lowest BCUT2D eigenvalue weighted by molar-refractivity contribution is -0.148. The minimum Gasteiger partial charge on any atom is -0.480 e. The maximum absolute atomic E-state index is 13.3. The van der Waals surface area contributed by atoms with Crippen LogP contribution in [0.1, 0.15) is 37.7 Å². The van der Waals surface area contributed by atoms with Gasteiger partial charge in [-0.1, -0.05) is 30.3 Å². The van der Waals surface area contributed by atoms with Crippen LogP contribution in [0.2, 0.25) is 0 Å². The summed E-state index contributed by atoms with van der Waals surface area (Å²) in [4.78, 5) is 51.2. The number of unbranched alkanes of at least 4 members (excludes halogenated alkanes) is 1. The van der Waals surface area contributed by atoms with Gasteiger partial charge in [0.15, 0.2) is 0 Å². The molecular weight excluding hydrogens is 522 g/mol. The van der Waals surface area contributed by atoms with Gasteiger partial charge in [0, 0.05) is 18.8 Å². The topological polar surface area (TPSA) is 206 Å². The molecule has 1 aromatic carbocycles. The molecule has 1 aromatic rings. The van der Waals surface area contributed by atoms with E-state index < -0.39 is 29.5 Å². The number of carboxylic acid groups (broad SMARTS) is 1. The highest BCUT2D eigenvalue weighted by Gasteiger charge is 2.40. The molecule has 1 aliphatic rings. The highest BCUT2D eigenvalue weighted by molar-refractivity contribution is 7.83. The number of carboxylic acids is 1. The average Bonchev–Trinajstić information content (AvgIpc) is 2.93. The first-order chi connectivity index (χ1) is 18.6. The molecule has 10 N–H and O–H groups in total. The second kappa shape index (κ2) is 16.1. The van der Waals surface area contributed by atoms with E-state index in [0.717, 1.165) is 5.56 Å². The van der Waals surface area contributed by atoms with E-state index in [2.05, 4.69) is 28.6 Å². The summed E-state index contributed by atoms with van der Waals surface area (Å²) >= 11 is 4.27. The van der Waals surface area contributed by atoms with Crippen LogP contribution in [-0.2, 0) is 25.6 Å². The fourth-order valence-electron chi connectivity index (χ4n) is 4.34. The van der Waals surface area contributed by atoms with Gasteiger partial charge in [-0.2, -0.15) is 0 Å². The number of likely N-dealkylation sites (tertiary alicyclic amines) is 1. The molecule has 12 nitrogen and oxygen atoms in total. The van der Waals surface area contributed by atoms with Crippen molar-refractivity contribution in [1.29, 1.82) is 0 Å². The number of nitrogens with zero attached hydrogens (tertiary/aromatic N) is 1. The largest absolute Gasteiger partial charge is 0.480 e. The summed E-state index contributed by atoms with van der Waals surface area (Å²) in [6, 6.07) is 8.23. The van der Waals surface area contributed by atoms with Crippen LogP contribution in [0, 0.1) is 0 Å². The van der Waals surface area contributed by atoms with Crippen LogP contribution >= 0.6 is 12.6 Å². The molecule has 0 radical (unpaired) electrons. The number of amides is 3. The van der Waals surface area contributed by atoms with Gasteiger partial charge in [-0.15, -0.1) is 12.6 Å². The van der Waals surface area contributed by atoms with Gasteiger partial charge in [0.05, 0.1) is 19.1 Å². The zero-order chi connectivity index (χ0) is 28.8. The Balaban J connectivity index is 2.04. The van der Waals surface area contributed by atoms with Crippen LogP contribution in [-0.4, -0.2) is 84.0 Å². The smallest absolute Gasteiger partial charge is 0.323 e. The van der Waals surface area contributed by atoms with Crippen molar-refractivity contribution < 1.29 is 24.3 Å². The predicted octanol–water partition coefficient (Wildman–Crippen LogP) is -0.948. The lowest BCUT2D eigenvalue weighted by Gasteiger charge is -2.37. The summed E-state index contributed by atoms with van der Waals surface area (Å²) in [5, 5.41) is 19.5. The summed E-state index contributed by atoms with van der Waals surface area (Å²) in [5.41, 5.74) is 17.1. The van der Waals surface area contributed by atoms with Crippen LogP contribution in [0.25, 0.3) is 0 Å². The van der Waals surface area contributed by atoms with E-state index in [1.54, 1.807) is 4.90 Å². The number of thiol groups is 1. The maximum Gasteiger partial charge on any atom is 0.323 e. The van der Waals surface area contributed by atoms with E-state index in [1.165, 1.54) is 5.41 Å². The van der Waals surface area contributed by atoms with Crippen LogP contribution in [0.4, 0.5) is 0 Å². The fraction of sp³-hybridized carbons (Fsp3) is 0.538. The lowest BCUT2D eigenvalue weighted by atomic mass is 9.88. The number of aliphatic carboxylic acids is 1. The van der Waals surface area contributed by atoms with Gasteiger partial charge < -0.3 is 43.2 Å². The first kappa shape index (κ1) is 32.1. The summed E-state index contributed by atoms with van der Waals surface area (Å²) in [7, 11) is 0. The highest BCUT2D eigenvalue weighted by atomic mass is 32.1. The molecular formula is C26H41N7O5S. The molecule has 0 saturated carbocycles. The highest BCUT2D eigenvalue weighted by Crippen LogP contribution is 2.21. The maximum atomic E-state index is 13.3. The zero-order valence-electron chi connectivity index (χ0n) is 22.1. The molecule has 2 rings (SSSR count). The Labute approximate surface area is 234 Å². The van der Waals surface area contributed by atoms with Crippen LogP contribution in [0.15, 0.2) is 41.4 Å². The third-order valence-electron chi connectivity index (χ3n) is 6.74. The molecule has 1 saturated heterocycles. The van der Waals surface area contributed by atoms with Crippen molar-refractivity contribution in [3.63, 3.8) is 0 Å².